The molecule has 0 aromatic carbocycles. The Bertz CT molecular complexity index is 428. The number of carboxylic acid groups (broad SMARTS) is 1. The fraction of sp³-hybridized carbons (Fsp3) is 0.538. The molecule has 1 aromatic heterocycles. The number of pyridine rings is 1. The van der Waals surface area contributed by atoms with Crippen LogP contribution in [-0.4, -0.2) is 35.3 Å². The van der Waals surface area contributed by atoms with E-state index in [9.17, 15) is 4.79 Å². The summed E-state index contributed by atoms with van der Waals surface area (Å²) in [5, 5.41) is 12.2. The lowest BCUT2D eigenvalue weighted by atomic mass is 10.1. The molecule has 1 aromatic rings. The number of ether oxygens (including phenoxy) is 1. The van der Waals surface area contributed by atoms with E-state index in [0.29, 0.717) is 12.2 Å². The van der Waals surface area contributed by atoms with Gasteiger partial charge in [0.25, 0.3) is 0 Å². The second kappa shape index (κ2) is 5.82. The molecule has 1 aliphatic heterocycles. The predicted octanol–water partition coefficient (Wildman–Crippen LogP) is 2.07. The molecule has 98 valence electrons. The maximum atomic E-state index is 11.1. The molecule has 0 amide bonds. The van der Waals surface area contributed by atoms with Crippen LogP contribution in [0.4, 0.5) is 5.69 Å². The molecule has 5 heteroatoms. The number of hydrogen-bond acceptors (Lipinski definition) is 4. The second-order valence-corrected chi connectivity index (χ2v) is 4.55. The van der Waals surface area contributed by atoms with E-state index >= 15 is 0 Å². The van der Waals surface area contributed by atoms with Crippen LogP contribution in [0.25, 0.3) is 0 Å². The van der Waals surface area contributed by atoms with Crippen molar-refractivity contribution in [3.05, 3.63) is 23.5 Å². The van der Waals surface area contributed by atoms with Crippen LogP contribution in [0.5, 0.6) is 0 Å². The number of aryl methyl sites for hydroxylation is 1. The average Bonchev–Trinajstić information content (AvgIpc) is 2.37. The number of hydrogen-bond donors (Lipinski definition) is 2. The Morgan fingerprint density at radius 1 is 1.61 bits per heavy atom. The molecular formula is C13H18N2O3. The summed E-state index contributed by atoms with van der Waals surface area (Å²) in [7, 11) is 0. The maximum absolute atomic E-state index is 11.1. The molecule has 1 saturated heterocycles. The van der Waals surface area contributed by atoms with Crippen LogP contribution >= 0.6 is 0 Å². The first-order chi connectivity index (χ1) is 8.66. The van der Waals surface area contributed by atoms with Crippen LogP contribution in [0.1, 0.15) is 35.3 Å². The van der Waals surface area contributed by atoms with Gasteiger partial charge < -0.3 is 15.2 Å². The molecule has 1 aliphatic rings. The number of aromatic carboxylic acids is 1. The van der Waals surface area contributed by atoms with Gasteiger partial charge in [0.2, 0.25) is 0 Å². The number of carbonyl (C=O) groups is 1. The molecule has 5 nitrogen and oxygen atoms in total. The van der Waals surface area contributed by atoms with Crippen LogP contribution in [-0.2, 0) is 4.74 Å². The number of nitrogens with one attached hydrogen (secondary N) is 1. The highest BCUT2D eigenvalue weighted by atomic mass is 16.5. The van der Waals surface area contributed by atoms with Gasteiger partial charge >= 0.3 is 5.97 Å². The van der Waals surface area contributed by atoms with E-state index in [1.807, 2.05) is 6.92 Å². The van der Waals surface area contributed by atoms with Crippen molar-refractivity contribution in [3.63, 3.8) is 0 Å². The highest BCUT2D eigenvalue weighted by Crippen LogP contribution is 2.18. The monoisotopic (exact) mass is 250 g/mol. The molecular weight excluding hydrogens is 232 g/mol. The van der Waals surface area contributed by atoms with E-state index in [1.54, 1.807) is 6.07 Å². The molecule has 18 heavy (non-hydrogen) atoms. The molecule has 0 aliphatic carbocycles. The minimum atomic E-state index is -0.963. The van der Waals surface area contributed by atoms with Crippen LogP contribution in [0, 0.1) is 6.92 Å². The normalized spacial score (nSPS) is 19.5. The third-order valence-electron chi connectivity index (χ3n) is 3.07. The van der Waals surface area contributed by atoms with Gasteiger partial charge in [-0.1, -0.05) is 0 Å². The van der Waals surface area contributed by atoms with Gasteiger partial charge in [-0.3, -0.25) is 4.98 Å². The Morgan fingerprint density at radius 3 is 3.11 bits per heavy atom. The summed E-state index contributed by atoms with van der Waals surface area (Å²) in [5.41, 5.74) is 1.62. The first kappa shape index (κ1) is 12.8. The van der Waals surface area contributed by atoms with Crippen LogP contribution < -0.4 is 5.32 Å². The minimum Gasteiger partial charge on any atom is -0.478 e. The Kier molecular flexibility index (Phi) is 4.15. The molecule has 1 atom stereocenters. The zero-order chi connectivity index (χ0) is 13.0. The Morgan fingerprint density at radius 2 is 2.44 bits per heavy atom. The molecule has 0 spiro atoms. The van der Waals surface area contributed by atoms with Gasteiger partial charge in [0.15, 0.2) is 0 Å². The smallest absolute Gasteiger partial charge is 0.339 e. The van der Waals surface area contributed by atoms with E-state index in [1.165, 1.54) is 12.6 Å². The van der Waals surface area contributed by atoms with E-state index in [2.05, 4.69) is 10.3 Å². The SMILES string of the molecule is Cc1cc(NCC2CCCCO2)c(C(=O)O)cn1. The first-order valence-electron chi connectivity index (χ1n) is 6.22. The Hall–Kier alpha value is -1.62. The van der Waals surface area contributed by atoms with Crippen molar-refractivity contribution in [2.24, 2.45) is 0 Å². The van der Waals surface area contributed by atoms with Crippen molar-refractivity contribution in [2.75, 3.05) is 18.5 Å². The number of nitrogens with zero attached hydrogens (tertiary/aromatic N) is 1. The predicted molar refractivity (Wildman–Crippen MR) is 68.0 cm³/mol. The second-order valence-electron chi connectivity index (χ2n) is 4.55. The summed E-state index contributed by atoms with van der Waals surface area (Å²) in [4.78, 5) is 15.1. The van der Waals surface area contributed by atoms with Gasteiger partial charge in [-0.05, 0) is 32.3 Å². The molecule has 0 saturated carbocycles. The summed E-state index contributed by atoms with van der Waals surface area (Å²) in [5.74, 6) is -0.963. The fourth-order valence-corrected chi connectivity index (χ4v) is 2.07. The molecule has 2 N–H and O–H groups in total. The summed E-state index contributed by atoms with van der Waals surface area (Å²) in [6.45, 7) is 3.28. The lowest BCUT2D eigenvalue weighted by molar-refractivity contribution is 0.0247. The van der Waals surface area contributed by atoms with Crippen LogP contribution in [0.2, 0.25) is 0 Å². The van der Waals surface area contributed by atoms with Crippen molar-refractivity contribution in [1.82, 2.24) is 4.98 Å². The molecule has 1 unspecified atom stereocenters. The van der Waals surface area contributed by atoms with Gasteiger partial charge in [0.1, 0.15) is 5.56 Å². The molecule has 0 radical (unpaired) electrons. The summed E-state index contributed by atoms with van der Waals surface area (Å²) >= 11 is 0. The Balaban J connectivity index is 2.03. The first-order valence-corrected chi connectivity index (χ1v) is 6.22. The van der Waals surface area contributed by atoms with Crippen LogP contribution in [0.3, 0.4) is 0 Å². The quantitative estimate of drug-likeness (QED) is 0.856. The lowest BCUT2D eigenvalue weighted by Crippen LogP contribution is -2.27. The van der Waals surface area contributed by atoms with Gasteiger partial charge in [-0.15, -0.1) is 0 Å². The topological polar surface area (TPSA) is 71.5 Å². The van der Waals surface area contributed by atoms with Gasteiger partial charge in [-0.2, -0.15) is 0 Å². The van der Waals surface area contributed by atoms with Gasteiger partial charge in [0, 0.05) is 25.0 Å². The van der Waals surface area contributed by atoms with Gasteiger partial charge in [0.05, 0.1) is 11.8 Å². The van der Waals surface area contributed by atoms with Crippen molar-refractivity contribution in [3.8, 4) is 0 Å². The fourth-order valence-electron chi connectivity index (χ4n) is 2.07. The number of carboxylic acids is 1. The molecule has 0 bridgehead atoms. The van der Waals surface area contributed by atoms with Crippen molar-refractivity contribution < 1.29 is 14.6 Å². The summed E-state index contributed by atoms with van der Waals surface area (Å²) < 4.78 is 5.60. The zero-order valence-corrected chi connectivity index (χ0v) is 10.5. The van der Waals surface area contributed by atoms with E-state index in [4.69, 9.17) is 9.84 Å². The lowest BCUT2D eigenvalue weighted by Gasteiger charge is -2.23. The zero-order valence-electron chi connectivity index (χ0n) is 10.5. The maximum Gasteiger partial charge on any atom is 0.339 e. The third-order valence-corrected chi connectivity index (χ3v) is 3.07. The molecule has 2 rings (SSSR count). The highest BCUT2D eigenvalue weighted by molar-refractivity contribution is 5.93. The number of rotatable bonds is 4. The largest absolute Gasteiger partial charge is 0.478 e. The van der Waals surface area contributed by atoms with Crippen molar-refractivity contribution in [1.29, 1.82) is 0 Å². The average molecular weight is 250 g/mol. The van der Waals surface area contributed by atoms with E-state index in [0.717, 1.165) is 25.1 Å². The van der Waals surface area contributed by atoms with Crippen molar-refractivity contribution >= 4 is 11.7 Å². The van der Waals surface area contributed by atoms with Crippen molar-refractivity contribution in [2.45, 2.75) is 32.3 Å². The summed E-state index contributed by atoms with van der Waals surface area (Å²) in [6, 6.07) is 1.76. The van der Waals surface area contributed by atoms with Crippen LogP contribution in [0.15, 0.2) is 12.3 Å². The highest BCUT2D eigenvalue weighted by Gasteiger charge is 2.16. The van der Waals surface area contributed by atoms with E-state index in [-0.39, 0.29) is 11.7 Å². The van der Waals surface area contributed by atoms with Gasteiger partial charge in [-0.25, -0.2) is 4.79 Å². The van der Waals surface area contributed by atoms with E-state index < -0.39 is 5.97 Å². The number of aromatic nitrogens is 1. The molecule has 2 heterocycles. The summed E-state index contributed by atoms with van der Waals surface area (Å²) in [6.07, 6.45) is 4.88. The number of anilines is 1. The minimum absolute atomic E-state index is 0.175. The third kappa shape index (κ3) is 3.20. The Labute approximate surface area is 106 Å². The standard InChI is InChI=1S/C13H18N2O3/c1-9-6-12(11(8-14-9)13(16)17)15-7-10-4-2-3-5-18-10/h6,8,10H,2-5,7H2,1H3,(H,14,15)(H,16,17). The molecule has 1 fully saturated rings.